The maximum atomic E-state index is 2.58. The molecule has 0 radical (unpaired) electrons. The number of fused-ring (bicyclic) bond motifs is 9. The molecule has 0 bridgehead atoms. The summed E-state index contributed by atoms with van der Waals surface area (Å²) in [5.74, 6) is 0.852. The lowest BCUT2D eigenvalue weighted by Crippen LogP contribution is -1.98. The molecule has 0 aromatic heterocycles. The first-order valence-corrected chi connectivity index (χ1v) is 21.0. The molecular formula is C58H40. The Kier molecular flexibility index (Phi) is 6.37. The van der Waals surface area contributed by atoms with Crippen molar-refractivity contribution < 1.29 is 0 Å². The molecule has 0 atom stereocenters. The maximum Gasteiger partial charge on any atom is -0.000719 e. The minimum atomic E-state index is 0.410. The van der Waals surface area contributed by atoms with Crippen molar-refractivity contribution in [2.24, 2.45) is 0 Å². The van der Waals surface area contributed by atoms with Gasteiger partial charge in [-0.25, -0.2) is 0 Å². The van der Waals surface area contributed by atoms with Crippen LogP contribution < -0.4 is 0 Å². The largest absolute Gasteiger partial charge is 0.0622 e. The van der Waals surface area contributed by atoms with Gasteiger partial charge in [0.2, 0.25) is 0 Å². The van der Waals surface area contributed by atoms with E-state index in [1.165, 1.54) is 141 Å². The van der Waals surface area contributed by atoms with E-state index in [1.54, 1.807) is 0 Å². The second-order valence-corrected chi connectivity index (χ2v) is 17.5. The van der Waals surface area contributed by atoms with Gasteiger partial charge in [-0.1, -0.05) is 161 Å². The summed E-state index contributed by atoms with van der Waals surface area (Å²) in [5, 5.41) is 27.1. The first-order valence-electron chi connectivity index (χ1n) is 21.0. The van der Waals surface area contributed by atoms with Gasteiger partial charge in [0.25, 0.3) is 0 Å². The third-order valence-corrected chi connectivity index (χ3v) is 13.8. The van der Waals surface area contributed by atoms with E-state index in [0.717, 1.165) is 0 Å². The summed E-state index contributed by atoms with van der Waals surface area (Å²) in [4.78, 5) is 0. The van der Waals surface area contributed by atoms with Crippen LogP contribution in [-0.4, -0.2) is 0 Å². The Morgan fingerprint density at radius 3 is 1.47 bits per heavy atom. The predicted octanol–water partition coefficient (Wildman–Crippen LogP) is 17.1. The van der Waals surface area contributed by atoms with E-state index >= 15 is 0 Å². The summed E-state index contributed by atoms with van der Waals surface area (Å²) in [6.07, 6.45) is 0. The summed E-state index contributed by atoms with van der Waals surface area (Å²) >= 11 is 0. The molecule has 0 aliphatic carbocycles. The zero-order valence-electron chi connectivity index (χ0n) is 33.2. The molecule has 0 N–H and O–H groups in total. The number of hydrogen-bond donors (Lipinski definition) is 0. The molecule has 13 aromatic carbocycles. The van der Waals surface area contributed by atoms with E-state index in [1.807, 2.05) is 0 Å². The van der Waals surface area contributed by atoms with Gasteiger partial charge in [-0.05, 0) is 177 Å². The standard InChI is InChI=1S/C58H40/c1-31(2)42-27-43(32(3)4)46-30-47-45-29-49-48(28-44(45)40-25-23-35-22-24-39(42)55(46)53(35)56(40)47)52(34-16-9-6-10-17-34)58-50-26-36-18-11-12-19-37(36)38-20-13-21-41(54(38)50)57(58)51(49)33-14-7-5-8-15-33/h5-32H,1-4H3. The molecule has 13 aromatic rings. The summed E-state index contributed by atoms with van der Waals surface area (Å²) in [7, 11) is 0. The smallest absolute Gasteiger partial charge is 0.000719 e. The van der Waals surface area contributed by atoms with Crippen LogP contribution in [0.1, 0.15) is 50.7 Å². The van der Waals surface area contributed by atoms with Crippen molar-refractivity contribution in [3.05, 3.63) is 169 Å². The lowest BCUT2D eigenvalue weighted by atomic mass is 9.83. The van der Waals surface area contributed by atoms with Crippen LogP contribution in [0.25, 0.3) is 130 Å². The van der Waals surface area contributed by atoms with E-state index in [0.29, 0.717) is 11.8 Å². The van der Waals surface area contributed by atoms with Gasteiger partial charge in [0, 0.05) is 0 Å². The van der Waals surface area contributed by atoms with Gasteiger partial charge in [0.1, 0.15) is 0 Å². The first kappa shape index (κ1) is 32.3. The Morgan fingerprint density at radius 2 is 0.776 bits per heavy atom. The molecule has 0 amide bonds. The monoisotopic (exact) mass is 736 g/mol. The Labute approximate surface area is 336 Å². The summed E-state index contributed by atoms with van der Waals surface area (Å²) in [6, 6.07) is 60.6. The molecule has 58 heavy (non-hydrogen) atoms. The molecule has 0 aliphatic heterocycles. The van der Waals surface area contributed by atoms with Crippen molar-refractivity contribution in [3.63, 3.8) is 0 Å². The molecule has 0 saturated carbocycles. The molecule has 272 valence electrons. The molecule has 0 heteroatoms. The normalized spacial score (nSPS) is 12.8. The molecule has 0 saturated heterocycles. The number of benzene rings is 11. The molecule has 0 unspecified atom stereocenters. The van der Waals surface area contributed by atoms with Crippen molar-refractivity contribution in [1.29, 1.82) is 0 Å². The fourth-order valence-electron chi connectivity index (χ4n) is 11.3. The van der Waals surface area contributed by atoms with Crippen molar-refractivity contribution in [2.45, 2.75) is 39.5 Å². The third kappa shape index (κ3) is 4.05. The van der Waals surface area contributed by atoms with Gasteiger partial charge in [0.15, 0.2) is 0 Å². The maximum absolute atomic E-state index is 2.58. The molecule has 0 nitrogen and oxygen atoms in total. The fourth-order valence-corrected chi connectivity index (χ4v) is 11.3. The van der Waals surface area contributed by atoms with Crippen molar-refractivity contribution in [3.8, 4) is 22.3 Å². The van der Waals surface area contributed by atoms with E-state index in [9.17, 15) is 0 Å². The van der Waals surface area contributed by atoms with Gasteiger partial charge in [-0.15, -0.1) is 0 Å². The predicted molar refractivity (Wildman–Crippen MR) is 254 cm³/mol. The van der Waals surface area contributed by atoms with E-state index in [4.69, 9.17) is 0 Å². The van der Waals surface area contributed by atoms with Crippen molar-refractivity contribution in [2.75, 3.05) is 0 Å². The minimum absolute atomic E-state index is 0.410. The van der Waals surface area contributed by atoms with Crippen LogP contribution in [0.3, 0.4) is 0 Å². The first-order chi connectivity index (χ1) is 28.5. The second-order valence-electron chi connectivity index (χ2n) is 17.5. The van der Waals surface area contributed by atoms with Crippen molar-refractivity contribution >= 4 is 108 Å². The highest BCUT2D eigenvalue weighted by molar-refractivity contribution is 6.45. The van der Waals surface area contributed by atoms with Crippen LogP contribution in [-0.2, 0) is 0 Å². The lowest BCUT2D eigenvalue weighted by Gasteiger charge is -2.21. The number of rotatable bonds is 4. The van der Waals surface area contributed by atoms with Crippen LogP contribution >= 0.6 is 0 Å². The van der Waals surface area contributed by atoms with Crippen LogP contribution in [0.2, 0.25) is 0 Å². The van der Waals surface area contributed by atoms with E-state index in [-0.39, 0.29) is 0 Å². The average molecular weight is 737 g/mol. The summed E-state index contributed by atoms with van der Waals surface area (Å²) in [6.45, 7) is 9.42. The fraction of sp³-hybridized carbons (Fsp3) is 0.103. The lowest BCUT2D eigenvalue weighted by molar-refractivity contribution is 0.847. The minimum Gasteiger partial charge on any atom is -0.0622 e. The quantitative estimate of drug-likeness (QED) is 0.158. The van der Waals surface area contributed by atoms with Gasteiger partial charge < -0.3 is 0 Å². The summed E-state index contributed by atoms with van der Waals surface area (Å²) in [5.41, 5.74) is 8.07. The van der Waals surface area contributed by atoms with Crippen LogP contribution in [0.4, 0.5) is 0 Å². The Morgan fingerprint density at radius 1 is 0.259 bits per heavy atom. The Hall–Kier alpha value is -6.76. The van der Waals surface area contributed by atoms with Crippen LogP contribution in [0.5, 0.6) is 0 Å². The average Bonchev–Trinajstić information content (AvgIpc) is 3.75. The molecule has 0 aliphatic rings. The topological polar surface area (TPSA) is 0 Å². The van der Waals surface area contributed by atoms with Gasteiger partial charge in [-0.3, -0.25) is 0 Å². The Balaban J connectivity index is 1.32. The van der Waals surface area contributed by atoms with Crippen molar-refractivity contribution in [1.82, 2.24) is 0 Å². The molecule has 0 heterocycles. The highest BCUT2D eigenvalue weighted by Crippen LogP contribution is 2.55. The van der Waals surface area contributed by atoms with E-state index < -0.39 is 0 Å². The molecule has 0 spiro atoms. The zero-order valence-corrected chi connectivity index (χ0v) is 33.2. The second kappa shape index (κ2) is 11.4. The zero-order chi connectivity index (χ0) is 38.6. The van der Waals surface area contributed by atoms with E-state index in [2.05, 4.69) is 185 Å². The Bertz CT molecular complexity index is 3810. The summed E-state index contributed by atoms with van der Waals surface area (Å²) < 4.78 is 0. The third-order valence-electron chi connectivity index (χ3n) is 13.8. The molecular weight excluding hydrogens is 697 g/mol. The molecule has 0 fully saturated rings. The number of hydrogen-bond acceptors (Lipinski definition) is 0. The molecule has 13 rings (SSSR count). The highest BCUT2D eigenvalue weighted by atomic mass is 14.3. The highest BCUT2D eigenvalue weighted by Gasteiger charge is 2.27. The van der Waals surface area contributed by atoms with Crippen LogP contribution in [0, 0.1) is 0 Å². The van der Waals surface area contributed by atoms with Gasteiger partial charge in [0.05, 0.1) is 0 Å². The SMILES string of the molecule is CC(C)c1cc(C(C)C)c2cc3c4cc5c(-c6ccccc6)c6c7cccc8c9ccccc9cc(c6c(-c6ccccc6)c5cc4c4ccc5ccc1c2c5c43)c87. The van der Waals surface area contributed by atoms with Crippen LogP contribution in [0.15, 0.2) is 158 Å². The van der Waals surface area contributed by atoms with Gasteiger partial charge in [-0.2, -0.15) is 0 Å². The van der Waals surface area contributed by atoms with Gasteiger partial charge >= 0.3 is 0 Å².